The maximum absolute atomic E-state index is 13.0. The molecule has 0 amide bonds. The molecule has 0 fully saturated rings. The summed E-state index contributed by atoms with van der Waals surface area (Å²) in [4.78, 5) is 10.8. The topological polar surface area (TPSA) is 34.9 Å². The van der Waals surface area contributed by atoms with Crippen molar-refractivity contribution in [3.05, 3.63) is 28.5 Å². The first-order valence-corrected chi connectivity index (χ1v) is 5.58. The van der Waals surface area contributed by atoms with Crippen LogP contribution in [-0.4, -0.2) is 16.1 Å². The van der Waals surface area contributed by atoms with Crippen molar-refractivity contribution in [2.45, 2.75) is 19.3 Å². The standard InChI is InChI=1S/C12H8F6N2O/c1-5-9-7(4-21)19-20(2)8(9)3-6(11(13,14)15)10(5)12(16,17)18/h3-4H,1-2H3. The van der Waals surface area contributed by atoms with Crippen LogP contribution in [-0.2, 0) is 19.4 Å². The lowest BCUT2D eigenvalue weighted by molar-refractivity contribution is -0.162. The van der Waals surface area contributed by atoms with Crippen LogP contribution in [0.25, 0.3) is 10.9 Å². The van der Waals surface area contributed by atoms with Crippen LogP contribution in [0.15, 0.2) is 6.07 Å². The van der Waals surface area contributed by atoms with Gasteiger partial charge in [0.25, 0.3) is 0 Å². The summed E-state index contributed by atoms with van der Waals surface area (Å²) >= 11 is 0. The molecule has 0 aliphatic carbocycles. The highest BCUT2D eigenvalue weighted by Gasteiger charge is 2.45. The van der Waals surface area contributed by atoms with Gasteiger partial charge in [0, 0.05) is 12.4 Å². The Morgan fingerprint density at radius 1 is 1.14 bits per heavy atom. The molecule has 2 aromatic rings. The molecule has 0 unspecified atom stereocenters. The predicted molar refractivity (Wildman–Crippen MR) is 60.8 cm³/mol. The zero-order valence-electron chi connectivity index (χ0n) is 10.7. The van der Waals surface area contributed by atoms with Crippen molar-refractivity contribution in [2.75, 3.05) is 0 Å². The molecule has 0 atom stereocenters. The summed E-state index contributed by atoms with van der Waals surface area (Å²) in [6, 6.07) is 0.366. The Morgan fingerprint density at radius 3 is 2.14 bits per heavy atom. The average molecular weight is 310 g/mol. The number of alkyl halides is 6. The highest BCUT2D eigenvalue weighted by atomic mass is 19.4. The van der Waals surface area contributed by atoms with Crippen molar-refractivity contribution in [1.82, 2.24) is 9.78 Å². The third-order valence-corrected chi connectivity index (χ3v) is 3.12. The van der Waals surface area contributed by atoms with Crippen LogP contribution in [0.2, 0.25) is 0 Å². The molecule has 0 aliphatic heterocycles. The minimum Gasteiger partial charge on any atom is -0.296 e. The first-order chi connectivity index (χ1) is 9.48. The Bertz CT molecular complexity index is 726. The highest BCUT2D eigenvalue weighted by Crippen LogP contribution is 2.44. The van der Waals surface area contributed by atoms with Gasteiger partial charge in [-0.2, -0.15) is 31.4 Å². The molecule has 0 saturated carbocycles. The van der Waals surface area contributed by atoms with Crippen molar-refractivity contribution < 1.29 is 31.1 Å². The lowest BCUT2D eigenvalue weighted by Crippen LogP contribution is -2.18. The van der Waals surface area contributed by atoms with Crippen LogP contribution in [0.5, 0.6) is 0 Å². The average Bonchev–Trinajstić information content (AvgIpc) is 2.63. The number of hydrogen-bond donors (Lipinski definition) is 0. The smallest absolute Gasteiger partial charge is 0.296 e. The zero-order chi connectivity index (χ0) is 16.2. The van der Waals surface area contributed by atoms with Gasteiger partial charge in [-0.05, 0) is 18.6 Å². The first kappa shape index (κ1) is 15.3. The van der Waals surface area contributed by atoms with Crippen LogP contribution < -0.4 is 0 Å². The van der Waals surface area contributed by atoms with E-state index in [4.69, 9.17) is 0 Å². The van der Waals surface area contributed by atoms with Gasteiger partial charge >= 0.3 is 12.4 Å². The maximum atomic E-state index is 13.0. The van der Waals surface area contributed by atoms with Crippen LogP contribution in [0.3, 0.4) is 0 Å². The Morgan fingerprint density at radius 2 is 1.71 bits per heavy atom. The summed E-state index contributed by atoms with van der Waals surface area (Å²) in [5, 5.41) is 3.40. The van der Waals surface area contributed by atoms with E-state index in [1.807, 2.05) is 0 Å². The van der Waals surface area contributed by atoms with Gasteiger partial charge < -0.3 is 0 Å². The van der Waals surface area contributed by atoms with Crippen molar-refractivity contribution in [2.24, 2.45) is 7.05 Å². The van der Waals surface area contributed by atoms with E-state index in [1.54, 1.807) is 0 Å². The molecule has 0 saturated heterocycles. The fraction of sp³-hybridized carbons (Fsp3) is 0.333. The monoisotopic (exact) mass is 310 g/mol. The maximum Gasteiger partial charge on any atom is 0.417 e. The molecule has 21 heavy (non-hydrogen) atoms. The number of rotatable bonds is 1. The summed E-state index contributed by atoms with van der Waals surface area (Å²) in [5.41, 5.74) is -4.76. The number of benzene rings is 1. The molecule has 0 aliphatic rings. The van der Waals surface area contributed by atoms with Gasteiger partial charge in [-0.1, -0.05) is 0 Å². The Kier molecular flexibility index (Phi) is 3.26. The molecule has 1 aromatic heterocycles. The molecule has 1 aromatic carbocycles. The Labute approximate surface area is 114 Å². The minimum absolute atomic E-state index is 0.185. The minimum atomic E-state index is -5.20. The predicted octanol–water partition coefficient (Wildman–Crippen LogP) is 3.73. The van der Waals surface area contributed by atoms with Crippen molar-refractivity contribution in [1.29, 1.82) is 0 Å². The molecular formula is C12H8F6N2O. The van der Waals surface area contributed by atoms with E-state index in [2.05, 4.69) is 5.10 Å². The van der Waals surface area contributed by atoms with E-state index in [0.29, 0.717) is 6.07 Å². The Balaban J connectivity index is 3.04. The number of halogens is 6. The van der Waals surface area contributed by atoms with Crippen LogP contribution in [0, 0.1) is 6.92 Å². The second-order valence-electron chi connectivity index (χ2n) is 4.44. The lowest BCUT2D eigenvalue weighted by Gasteiger charge is -2.18. The number of aryl methyl sites for hydroxylation is 2. The van der Waals surface area contributed by atoms with Gasteiger partial charge in [0.1, 0.15) is 5.69 Å². The molecule has 9 heteroatoms. The van der Waals surface area contributed by atoms with Gasteiger partial charge in [0.05, 0.1) is 16.6 Å². The summed E-state index contributed by atoms with van der Waals surface area (Å²) in [7, 11) is 1.25. The van der Waals surface area contributed by atoms with E-state index in [0.717, 1.165) is 11.6 Å². The Hall–Kier alpha value is -2.06. The number of hydrogen-bond acceptors (Lipinski definition) is 2. The summed E-state index contributed by atoms with van der Waals surface area (Å²) in [6.45, 7) is 0.898. The summed E-state index contributed by atoms with van der Waals surface area (Å²) in [5.74, 6) is 0. The first-order valence-electron chi connectivity index (χ1n) is 5.58. The molecule has 1 heterocycles. The largest absolute Gasteiger partial charge is 0.417 e. The molecule has 0 spiro atoms. The van der Waals surface area contributed by atoms with Crippen molar-refractivity contribution in [3.8, 4) is 0 Å². The molecular weight excluding hydrogens is 302 g/mol. The lowest BCUT2D eigenvalue weighted by atomic mass is 9.96. The molecule has 2 rings (SSSR count). The second-order valence-corrected chi connectivity index (χ2v) is 4.44. The molecule has 0 N–H and O–H groups in total. The SMILES string of the molecule is Cc1c(C(F)(F)F)c(C(F)(F)F)cc2c1c(C=O)nn2C. The molecule has 0 bridgehead atoms. The zero-order valence-corrected chi connectivity index (χ0v) is 10.7. The van der Waals surface area contributed by atoms with E-state index in [9.17, 15) is 31.1 Å². The second kappa shape index (κ2) is 4.47. The van der Waals surface area contributed by atoms with Gasteiger partial charge in [0.2, 0.25) is 0 Å². The number of aldehydes is 1. The number of aromatic nitrogens is 2. The van der Waals surface area contributed by atoms with Crippen LogP contribution >= 0.6 is 0 Å². The highest BCUT2D eigenvalue weighted by molar-refractivity contribution is 5.98. The fourth-order valence-corrected chi connectivity index (χ4v) is 2.32. The third-order valence-electron chi connectivity index (χ3n) is 3.12. The van der Waals surface area contributed by atoms with Crippen molar-refractivity contribution >= 4 is 17.2 Å². The summed E-state index contributed by atoms with van der Waals surface area (Å²) in [6.07, 6.45) is -10.2. The summed E-state index contributed by atoms with van der Waals surface area (Å²) < 4.78 is 78.7. The fourth-order valence-electron chi connectivity index (χ4n) is 2.32. The van der Waals surface area contributed by atoms with Gasteiger partial charge in [0.15, 0.2) is 6.29 Å². The van der Waals surface area contributed by atoms with Crippen molar-refractivity contribution in [3.63, 3.8) is 0 Å². The number of carbonyl (C=O) groups is 1. The van der Waals surface area contributed by atoms with E-state index in [-0.39, 0.29) is 22.9 Å². The van der Waals surface area contributed by atoms with Crippen LogP contribution in [0.4, 0.5) is 26.3 Å². The number of nitrogens with zero attached hydrogens (tertiary/aromatic N) is 2. The van der Waals surface area contributed by atoms with E-state index < -0.39 is 29.0 Å². The van der Waals surface area contributed by atoms with E-state index in [1.165, 1.54) is 7.05 Å². The normalized spacial score (nSPS) is 13.0. The number of carbonyl (C=O) groups excluding carboxylic acids is 1. The molecule has 114 valence electrons. The van der Waals surface area contributed by atoms with Gasteiger partial charge in [-0.15, -0.1) is 0 Å². The number of fused-ring (bicyclic) bond motifs is 1. The quantitative estimate of drug-likeness (QED) is 0.594. The third kappa shape index (κ3) is 2.36. The van der Waals surface area contributed by atoms with Gasteiger partial charge in [-0.25, -0.2) is 0 Å². The van der Waals surface area contributed by atoms with Gasteiger partial charge in [-0.3, -0.25) is 9.48 Å². The molecule has 0 radical (unpaired) electrons. The van der Waals surface area contributed by atoms with Crippen LogP contribution in [0.1, 0.15) is 27.2 Å². The van der Waals surface area contributed by atoms with E-state index >= 15 is 0 Å². The molecule has 3 nitrogen and oxygen atoms in total.